The topological polar surface area (TPSA) is 0 Å². The van der Waals surface area contributed by atoms with Crippen LogP contribution in [0.25, 0.3) is 16.7 Å². The van der Waals surface area contributed by atoms with Gasteiger partial charge >= 0.3 is 155 Å². The molecule has 26 heavy (non-hydrogen) atoms. The molecule has 0 spiro atoms. The zero-order valence-corrected chi connectivity index (χ0v) is 18.4. The van der Waals surface area contributed by atoms with Gasteiger partial charge in [-0.15, -0.1) is 0 Å². The van der Waals surface area contributed by atoms with Crippen LogP contribution in [0.2, 0.25) is 0 Å². The number of benzene rings is 3. The summed E-state index contributed by atoms with van der Waals surface area (Å²) in [7, 11) is 0. The van der Waals surface area contributed by atoms with Crippen molar-refractivity contribution in [2.24, 2.45) is 0 Å². The second kappa shape index (κ2) is 7.85. The molecule has 3 aromatic carbocycles. The summed E-state index contributed by atoms with van der Waals surface area (Å²) >= 11 is -0.722. The van der Waals surface area contributed by atoms with E-state index in [4.69, 9.17) is 0 Å². The molecule has 3 heteroatoms. The molecule has 0 bridgehead atoms. The van der Waals surface area contributed by atoms with Crippen LogP contribution in [0, 0.1) is 0 Å². The number of allylic oxidation sites excluding steroid dienone is 2. The SMILES string of the molecule is CC1=C[CH]([Zr+2][c]2cccc3c2Cc2ccccc2-3)c2ccccc21.[Cl-].[Cl-]. The number of halogens is 2. The van der Waals surface area contributed by atoms with E-state index in [-0.39, 0.29) is 24.8 Å². The van der Waals surface area contributed by atoms with Gasteiger partial charge in [0.1, 0.15) is 0 Å². The summed E-state index contributed by atoms with van der Waals surface area (Å²) in [4.78, 5) is 0. The third kappa shape index (κ3) is 3.15. The van der Waals surface area contributed by atoms with Gasteiger partial charge in [-0.3, -0.25) is 0 Å². The fourth-order valence-electron chi connectivity index (χ4n) is 4.14. The zero-order chi connectivity index (χ0) is 16.1. The van der Waals surface area contributed by atoms with Gasteiger partial charge in [-0.2, -0.15) is 0 Å². The molecule has 0 N–H and O–H groups in total. The molecular weight excluding hydrogens is 438 g/mol. The second-order valence-electron chi connectivity index (χ2n) is 6.72. The van der Waals surface area contributed by atoms with Gasteiger partial charge in [0.05, 0.1) is 0 Å². The van der Waals surface area contributed by atoms with Crippen molar-refractivity contribution < 1.29 is 48.0 Å². The van der Waals surface area contributed by atoms with E-state index in [2.05, 4.69) is 79.7 Å². The Morgan fingerprint density at radius 1 is 0.769 bits per heavy atom. The Hall–Kier alpha value is -1.14. The average Bonchev–Trinajstić information content (AvgIpc) is 3.15. The number of hydrogen-bond donors (Lipinski definition) is 0. The molecule has 3 aromatic rings. The van der Waals surface area contributed by atoms with E-state index in [0.717, 1.165) is 6.42 Å². The molecule has 128 valence electrons. The maximum atomic E-state index is 2.53. The molecule has 0 heterocycles. The van der Waals surface area contributed by atoms with Crippen molar-refractivity contribution in [1.29, 1.82) is 0 Å². The van der Waals surface area contributed by atoms with Gasteiger partial charge in [-0.25, -0.2) is 0 Å². The second-order valence-corrected chi connectivity index (χ2v) is 10.3. The molecule has 0 radical (unpaired) electrons. The molecule has 0 aliphatic heterocycles. The predicted octanol–water partition coefficient (Wildman–Crippen LogP) is -0.868. The van der Waals surface area contributed by atoms with Gasteiger partial charge in [0.15, 0.2) is 0 Å². The molecule has 0 saturated heterocycles. The Morgan fingerprint density at radius 2 is 1.46 bits per heavy atom. The van der Waals surface area contributed by atoms with Crippen LogP contribution in [0.3, 0.4) is 0 Å². The molecule has 2 aliphatic carbocycles. The van der Waals surface area contributed by atoms with Crippen LogP contribution in [0.1, 0.15) is 32.8 Å². The standard InChI is InChI=1S/C13H9.C10H9.2ClH.Zr/c1-3-7-12-10(5-1)9-11-6-2-4-8-13(11)12;1-8-6-7-9-4-2-3-5-10(8)9;;;/h1-5,7-8H,9H2;2-7H,1H3;2*1H;/q;;;;+2/p-2. The summed E-state index contributed by atoms with van der Waals surface area (Å²) in [6.07, 6.45) is 3.65. The van der Waals surface area contributed by atoms with E-state index in [1.165, 1.54) is 27.8 Å². The third-order valence-corrected chi connectivity index (χ3v) is 9.15. The first-order valence-electron chi connectivity index (χ1n) is 8.56. The molecule has 0 saturated carbocycles. The maximum absolute atomic E-state index is 2.53. The predicted molar refractivity (Wildman–Crippen MR) is 97.2 cm³/mol. The fourth-order valence-corrected chi connectivity index (χ4v) is 8.23. The normalized spacial score (nSPS) is 15.6. The minimum absolute atomic E-state index is 0. The molecule has 1 unspecified atom stereocenters. The Bertz CT molecular complexity index is 991. The molecule has 0 amide bonds. The van der Waals surface area contributed by atoms with E-state index >= 15 is 0 Å². The van der Waals surface area contributed by atoms with Crippen molar-refractivity contribution in [3.8, 4) is 11.1 Å². The quantitative estimate of drug-likeness (QED) is 0.368. The molecule has 0 nitrogen and oxygen atoms in total. The third-order valence-electron chi connectivity index (χ3n) is 5.30. The van der Waals surface area contributed by atoms with Gasteiger partial charge in [-0.1, -0.05) is 0 Å². The Labute approximate surface area is 179 Å². The van der Waals surface area contributed by atoms with Gasteiger partial charge < -0.3 is 24.8 Å². The summed E-state index contributed by atoms with van der Waals surface area (Å²) in [5.41, 5.74) is 10.5. The zero-order valence-electron chi connectivity index (χ0n) is 14.5. The van der Waals surface area contributed by atoms with Crippen LogP contribution < -0.4 is 28.1 Å². The van der Waals surface area contributed by atoms with Crippen molar-refractivity contribution in [2.45, 2.75) is 17.0 Å². The first-order chi connectivity index (χ1) is 11.8. The van der Waals surface area contributed by atoms with E-state index in [0.29, 0.717) is 3.63 Å². The van der Waals surface area contributed by atoms with E-state index in [9.17, 15) is 0 Å². The van der Waals surface area contributed by atoms with Crippen LogP contribution in [-0.2, 0) is 29.7 Å². The van der Waals surface area contributed by atoms with Crippen molar-refractivity contribution in [3.63, 3.8) is 0 Å². The summed E-state index contributed by atoms with van der Waals surface area (Å²) in [5.74, 6) is 0. The number of hydrogen-bond acceptors (Lipinski definition) is 0. The van der Waals surface area contributed by atoms with E-state index in [1.54, 1.807) is 14.4 Å². The Kier molecular flexibility index (Phi) is 5.92. The van der Waals surface area contributed by atoms with Crippen molar-refractivity contribution in [3.05, 3.63) is 95.1 Å². The van der Waals surface area contributed by atoms with Gasteiger partial charge in [-0.05, 0) is 0 Å². The number of fused-ring (bicyclic) bond motifs is 4. The van der Waals surface area contributed by atoms with Crippen molar-refractivity contribution >= 4 is 8.84 Å². The minimum Gasteiger partial charge on any atom is -1.00 e. The van der Waals surface area contributed by atoms with E-state index < -0.39 is 23.2 Å². The van der Waals surface area contributed by atoms with Crippen molar-refractivity contribution in [1.82, 2.24) is 0 Å². The van der Waals surface area contributed by atoms with E-state index in [1.807, 2.05) is 0 Å². The van der Waals surface area contributed by atoms with Crippen LogP contribution in [0.5, 0.6) is 0 Å². The first-order valence-corrected chi connectivity index (χ1v) is 11.2. The van der Waals surface area contributed by atoms with Gasteiger partial charge in [0, 0.05) is 0 Å². The molecule has 2 aliphatic rings. The average molecular weight is 457 g/mol. The largest absolute Gasteiger partial charge is 1.00 e. The smallest absolute Gasteiger partial charge is 1.00 e. The first kappa shape index (κ1) is 19.6. The fraction of sp³-hybridized carbons (Fsp3) is 0.130. The summed E-state index contributed by atoms with van der Waals surface area (Å²) in [6, 6.07) is 24.9. The van der Waals surface area contributed by atoms with Crippen LogP contribution in [0.4, 0.5) is 0 Å². The van der Waals surface area contributed by atoms with Gasteiger partial charge in [0.2, 0.25) is 0 Å². The summed E-state index contributed by atoms with van der Waals surface area (Å²) in [6.45, 7) is 2.27. The Balaban J connectivity index is 0.000000980. The van der Waals surface area contributed by atoms with Crippen LogP contribution in [-0.4, -0.2) is 0 Å². The minimum atomic E-state index is -0.722. The molecule has 0 aromatic heterocycles. The summed E-state index contributed by atoms with van der Waals surface area (Å²) in [5, 5.41) is 0. The van der Waals surface area contributed by atoms with Gasteiger partial charge in [0.25, 0.3) is 0 Å². The Morgan fingerprint density at radius 3 is 2.31 bits per heavy atom. The number of rotatable bonds is 2. The molecule has 1 atom stereocenters. The van der Waals surface area contributed by atoms with Crippen molar-refractivity contribution in [2.75, 3.05) is 0 Å². The molecular formula is C23H18Cl2Zr. The van der Waals surface area contributed by atoms with Crippen LogP contribution >= 0.6 is 0 Å². The monoisotopic (exact) mass is 454 g/mol. The maximum Gasteiger partial charge on any atom is -1.00 e. The molecule has 0 fully saturated rings. The summed E-state index contributed by atoms with van der Waals surface area (Å²) < 4.78 is 2.36. The van der Waals surface area contributed by atoms with Crippen LogP contribution in [0.15, 0.2) is 72.8 Å². The molecule has 5 rings (SSSR count).